The van der Waals surface area contributed by atoms with Crippen LogP contribution in [0.2, 0.25) is 0 Å². The monoisotopic (exact) mass is 403 g/mol. The van der Waals surface area contributed by atoms with Crippen LogP contribution in [-0.2, 0) is 4.79 Å². The lowest BCUT2D eigenvalue weighted by molar-refractivity contribution is -0.118. The third kappa shape index (κ3) is 3.60. The number of guanidine groups is 1. The summed E-state index contributed by atoms with van der Waals surface area (Å²) in [6, 6.07) is 38.8. The molecule has 150 valence electrons. The number of benzene rings is 4. The Hall–Kier alpha value is -4.18. The Morgan fingerprint density at radius 1 is 0.581 bits per heavy atom. The first kappa shape index (κ1) is 18.8. The minimum absolute atomic E-state index is 0.0315. The molecule has 4 aromatic rings. The van der Waals surface area contributed by atoms with Gasteiger partial charge in [-0.05, 0) is 42.0 Å². The summed E-state index contributed by atoms with van der Waals surface area (Å²) in [4.78, 5) is 22.6. The molecule has 1 aliphatic rings. The van der Waals surface area contributed by atoms with Gasteiger partial charge < -0.3 is 0 Å². The summed E-state index contributed by atoms with van der Waals surface area (Å²) in [5.74, 6) is 0.554. The summed E-state index contributed by atoms with van der Waals surface area (Å²) in [6.07, 6.45) is 0. The number of para-hydroxylation sites is 3. The molecular formula is C27H21N3O. The number of aliphatic imine (C=N–C) groups is 1. The topological polar surface area (TPSA) is 35.9 Å². The largest absolute Gasteiger partial charge is 0.295 e. The van der Waals surface area contributed by atoms with Gasteiger partial charge in [0.1, 0.15) is 6.04 Å². The lowest BCUT2D eigenvalue weighted by atomic mass is 10.1. The molecule has 1 unspecified atom stereocenters. The Labute approximate surface area is 181 Å². The fraction of sp³-hybridized carbons (Fsp3) is 0.0370. The molecule has 0 saturated carbocycles. The van der Waals surface area contributed by atoms with Crippen LogP contribution < -0.4 is 9.80 Å². The molecule has 1 aliphatic heterocycles. The van der Waals surface area contributed by atoms with Crippen molar-refractivity contribution in [3.8, 4) is 0 Å². The zero-order valence-electron chi connectivity index (χ0n) is 16.9. The Kier molecular flexibility index (Phi) is 5.03. The second-order valence-electron chi connectivity index (χ2n) is 7.28. The van der Waals surface area contributed by atoms with E-state index >= 15 is 0 Å². The zero-order chi connectivity index (χ0) is 21.0. The van der Waals surface area contributed by atoms with Crippen LogP contribution in [0, 0.1) is 0 Å². The molecule has 5 rings (SSSR count). The number of amides is 1. The minimum atomic E-state index is -0.508. The highest BCUT2D eigenvalue weighted by molar-refractivity contribution is 6.30. The average molecular weight is 403 g/mol. The van der Waals surface area contributed by atoms with Crippen LogP contribution in [0.1, 0.15) is 11.6 Å². The summed E-state index contributed by atoms with van der Waals surface area (Å²) < 4.78 is 0. The second kappa shape index (κ2) is 8.28. The number of anilines is 2. The van der Waals surface area contributed by atoms with E-state index in [1.807, 2.05) is 126 Å². The fourth-order valence-electron chi connectivity index (χ4n) is 3.88. The molecule has 1 fully saturated rings. The molecule has 0 bridgehead atoms. The summed E-state index contributed by atoms with van der Waals surface area (Å²) in [5, 5.41) is 0. The standard InChI is InChI=1S/C27H21N3O/c31-26-25(21-13-5-1-6-14-21)29(23-17-9-3-10-18-23)27(28-22-15-7-2-8-16-22)30(26)24-19-11-4-12-20-24/h1-20,25H. The molecule has 1 amide bonds. The molecule has 0 spiro atoms. The average Bonchev–Trinajstić information content (AvgIpc) is 3.13. The van der Waals surface area contributed by atoms with Crippen LogP contribution in [0.5, 0.6) is 0 Å². The maximum absolute atomic E-state index is 13.9. The van der Waals surface area contributed by atoms with E-state index in [0.717, 1.165) is 22.6 Å². The van der Waals surface area contributed by atoms with Crippen molar-refractivity contribution in [2.45, 2.75) is 6.04 Å². The second-order valence-corrected chi connectivity index (χ2v) is 7.28. The van der Waals surface area contributed by atoms with Crippen molar-refractivity contribution in [1.29, 1.82) is 0 Å². The van der Waals surface area contributed by atoms with Crippen molar-refractivity contribution in [2.75, 3.05) is 9.80 Å². The number of hydrogen-bond donors (Lipinski definition) is 0. The summed E-state index contributed by atoms with van der Waals surface area (Å²) in [5.41, 5.74) is 3.43. The number of hydrogen-bond acceptors (Lipinski definition) is 2. The van der Waals surface area contributed by atoms with Crippen LogP contribution in [0.25, 0.3) is 0 Å². The van der Waals surface area contributed by atoms with Crippen LogP contribution in [0.3, 0.4) is 0 Å². The normalized spacial score (nSPS) is 17.4. The summed E-state index contributed by atoms with van der Waals surface area (Å²) in [6.45, 7) is 0. The van der Waals surface area contributed by atoms with E-state index < -0.39 is 6.04 Å². The van der Waals surface area contributed by atoms with Gasteiger partial charge in [0.25, 0.3) is 5.91 Å². The predicted octanol–water partition coefficient (Wildman–Crippen LogP) is 5.97. The maximum Gasteiger partial charge on any atom is 0.261 e. The van der Waals surface area contributed by atoms with Gasteiger partial charge in [-0.25, -0.2) is 9.89 Å². The first-order valence-corrected chi connectivity index (χ1v) is 10.2. The van der Waals surface area contributed by atoms with E-state index in [0.29, 0.717) is 5.96 Å². The van der Waals surface area contributed by atoms with E-state index in [1.54, 1.807) is 4.90 Å². The lowest BCUT2D eigenvalue weighted by Gasteiger charge is -2.25. The zero-order valence-corrected chi connectivity index (χ0v) is 16.9. The van der Waals surface area contributed by atoms with Crippen molar-refractivity contribution >= 4 is 28.9 Å². The highest BCUT2D eigenvalue weighted by Gasteiger charge is 2.45. The van der Waals surface area contributed by atoms with Crippen molar-refractivity contribution < 1.29 is 4.79 Å². The Morgan fingerprint density at radius 2 is 1.06 bits per heavy atom. The van der Waals surface area contributed by atoms with Gasteiger partial charge in [-0.15, -0.1) is 0 Å². The van der Waals surface area contributed by atoms with Crippen LogP contribution in [0.4, 0.5) is 17.1 Å². The van der Waals surface area contributed by atoms with Crippen LogP contribution in [-0.4, -0.2) is 11.9 Å². The summed E-state index contributed by atoms with van der Waals surface area (Å²) >= 11 is 0. The fourth-order valence-corrected chi connectivity index (χ4v) is 3.88. The van der Waals surface area contributed by atoms with Gasteiger partial charge in [-0.1, -0.05) is 84.9 Å². The first-order chi connectivity index (χ1) is 15.3. The van der Waals surface area contributed by atoms with E-state index in [4.69, 9.17) is 4.99 Å². The number of carbonyl (C=O) groups excluding carboxylic acids is 1. The molecule has 0 radical (unpaired) electrons. The number of rotatable bonds is 4. The molecule has 0 N–H and O–H groups in total. The molecule has 4 aromatic carbocycles. The molecule has 0 aliphatic carbocycles. The molecule has 1 saturated heterocycles. The van der Waals surface area contributed by atoms with Gasteiger partial charge in [-0.3, -0.25) is 9.69 Å². The maximum atomic E-state index is 13.9. The Morgan fingerprint density at radius 3 is 1.65 bits per heavy atom. The quantitative estimate of drug-likeness (QED) is 0.421. The summed E-state index contributed by atoms with van der Waals surface area (Å²) in [7, 11) is 0. The first-order valence-electron chi connectivity index (χ1n) is 10.2. The molecule has 4 heteroatoms. The Balaban J connectivity index is 1.75. The molecule has 1 heterocycles. The predicted molar refractivity (Wildman–Crippen MR) is 126 cm³/mol. The molecule has 1 atom stereocenters. The van der Waals surface area contributed by atoms with Crippen molar-refractivity contribution in [3.63, 3.8) is 0 Å². The molecule has 4 nitrogen and oxygen atoms in total. The SMILES string of the molecule is O=C1C(c2ccccc2)N(c2ccccc2)C(=Nc2ccccc2)N1c1ccccc1. The van der Waals surface area contributed by atoms with Gasteiger partial charge in [-0.2, -0.15) is 0 Å². The van der Waals surface area contributed by atoms with E-state index in [2.05, 4.69) is 0 Å². The van der Waals surface area contributed by atoms with Crippen molar-refractivity contribution in [2.24, 2.45) is 4.99 Å². The van der Waals surface area contributed by atoms with Crippen LogP contribution >= 0.6 is 0 Å². The van der Waals surface area contributed by atoms with Crippen molar-refractivity contribution in [1.82, 2.24) is 0 Å². The van der Waals surface area contributed by atoms with Crippen molar-refractivity contribution in [3.05, 3.63) is 127 Å². The van der Waals surface area contributed by atoms with Crippen LogP contribution in [0.15, 0.2) is 126 Å². The third-order valence-electron chi connectivity index (χ3n) is 5.28. The van der Waals surface area contributed by atoms with Gasteiger partial charge >= 0.3 is 0 Å². The van der Waals surface area contributed by atoms with E-state index in [1.165, 1.54) is 0 Å². The van der Waals surface area contributed by atoms with Gasteiger partial charge in [0.15, 0.2) is 0 Å². The molecule has 31 heavy (non-hydrogen) atoms. The third-order valence-corrected chi connectivity index (χ3v) is 5.28. The van der Waals surface area contributed by atoms with E-state index in [9.17, 15) is 4.79 Å². The minimum Gasteiger partial charge on any atom is -0.295 e. The lowest BCUT2D eigenvalue weighted by Crippen LogP contribution is -2.34. The number of nitrogens with zero attached hydrogens (tertiary/aromatic N) is 3. The Bertz CT molecular complexity index is 1190. The number of carbonyl (C=O) groups is 1. The molecule has 0 aromatic heterocycles. The van der Waals surface area contributed by atoms with Gasteiger partial charge in [0.05, 0.1) is 11.4 Å². The van der Waals surface area contributed by atoms with Gasteiger partial charge in [0.2, 0.25) is 5.96 Å². The highest BCUT2D eigenvalue weighted by atomic mass is 16.2. The van der Waals surface area contributed by atoms with Gasteiger partial charge in [0, 0.05) is 5.69 Å². The van der Waals surface area contributed by atoms with E-state index in [-0.39, 0.29) is 5.91 Å². The molecular weight excluding hydrogens is 382 g/mol. The highest BCUT2D eigenvalue weighted by Crippen LogP contribution is 2.38. The smallest absolute Gasteiger partial charge is 0.261 e.